The molecule has 0 amide bonds. The molecule has 0 aromatic rings. The lowest BCUT2D eigenvalue weighted by atomic mass is 10.1. The van der Waals surface area contributed by atoms with Crippen molar-refractivity contribution >= 4 is 29.0 Å². The van der Waals surface area contributed by atoms with Gasteiger partial charge in [0.05, 0.1) is 0 Å². The van der Waals surface area contributed by atoms with E-state index in [1.807, 2.05) is 0 Å². The first-order chi connectivity index (χ1) is 8.20. The van der Waals surface area contributed by atoms with Crippen molar-refractivity contribution < 1.29 is 9.32 Å². The Morgan fingerprint density at radius 2 is 2.22 bits per heavy atom. The van der Waals surface area contributed by atoms with Gasteiger partial charge in [-0.3, -0.25) is 4.21 Å². The largest absolute Gasteiger partial charge is 0.366 e. The predicted octanol–water partition coefficient (Wildman–Crippen LogP) is 0.678. The monoisotopic (exact) mass is 291 g/mol. The summed E-state index contributed by atoms with van der Waals surface area (Å²) in [7, 11) is -0.340. The molecular formula is C11H22N3O2PS. The Hall–Kier alpha value is -0.320. The summed E-state index contributed by atoms with van der Waals surface area (Å²) in [4.78, 5) is 8.29. The van der Waals surface area contributed by atoms with Gasteiger partial charge in [0, 0.05) is 6.04 Å². The van der Waals surface area contributed by atoms with Crippen LogP contribution in [0.4, 0.5) is 0 Å². The van der Waals surface area contributed by atoms with Gasteiger partial charge in [-0.05, 0) is 41.5 Å². The summed E-state index contributed by atoms with van der Waals surface area (Å²) in [5.41, 5.74) is -1.38. The van der Waals surface area contributed by atoms with Crippen LogP contribution in [0.5, 0.6) is 0 Å². The van der Waals surface area contributed by atoms with E-state index in [-0.39, 0.29) is 5.17 Å². The molecule has 1 heterocycles. The summed E-state index contributed by atoms with van der Waals surface area (Å²) in [5.74, 6) is 0.998. The van der Waals surface area contributed by atoms with Gasteiger partial charge in [0.2, 0.25) is 5.72 Å². The van der Waals surface area contributed by atoms with E-state index in [0.717, 1.165) is 6.42 Å². The maximum atomic E-state index is 11.9. The molecule has 2 rings (SSSR count). The normalized spacial score (nSPS) is 37.4. The van der Waals surface area contributed by atoms with Gasteiger partial charge in [0.1, 0.15) is 0 Å². The SMILES string of the molecule is CC1CCCC1NC1=NC([SH](C)(=O)P)=NC1(C)O. The van der Waals surface area contributed by atoms with Gasteiger partial charge in [-0.25, -0.2) is 9.98 Å². The number of hydrogen-bond acceptors (Lipinski definition) is 5. The van der Waals surface area contributed by atoms with E-state index in [1.54, 1.807) is 13.2 Å². The average Bonchev–Trinajstić information content (AvgIpc) is 2.72. The molecule has 0 spiro atoms. The molecule has 5 nitrogen and oxygen atoms in total. The van der Waals surface area contributed by atoms with Gasteiger partial charge in [-0.1, -0.05) is 21.8 Å². The number of aliphatic imine (C=N–C) groups is 2. The fourth-order valence-electron chi connectivity index (χ4n) is 2.38. The van der Waals surface area contributed by atoms with E-state index in [2.05, 4.69) is 30.7 Å². The van der Waals surface area contributed by atoms with E-state index < -0.39 is 15.3 Å². The van der Waals surface area contributed by atoms with Crippen LogP contribution in [0.1, 0.15) is 33.1 Å². The highest BCUT2D eigenvalue weighted by molar-refractivity contribution is 8.53. The highest BCUT2D eigenvalue weighted by Gasteiger charge is 2.38. The summed E-state index contributed by atoms with van der Waals surface area (Å²) in [6.07, 6.45) is 5.04. The Bertz CT molecular complexity index is 455. The quantitative estimate of drug-likeness (QED) is 0.491. The zero-order chi connectivity index (χ0) is 13.6. The maximum Gasteiger partial charge on any atom is 0.214 e. The molecule has 2 N–H and O–H groups in total. The first-order valence-electron chi connectivity index (χ1n) is 6.25. The standard InChI is InChI=1S/C11H22N3O2PS/c1-7-5-4-6-8(7)12-9-11(2,15)14-10(13-9)18(3,16)17/h7-8,15,18H,4-6,17H2,1-3H3,(H,12,13,14). The van der Waals surface area contributed by atoms with Crippen LogP contribution < -0.4 is 5.32 Å². The smallest absolute Gasteiger partial charge is 0.214 e. The second kappa shape index (κ2) is 4.66. The molecule has 0 saturated heterocycles. The van der Waals surface area contributed by atoms with Crippen molar-refractivity contribution in [3.05, 3.63) is 0 Å². The fraction of sp³-hybridized carbons (Fsp3) is 0.818. The number of nitrogens with one attached hydrogen (secondary N) is 1. The van der Waals surface area contributed by atoms with E-state index in [9.17, 15) is 9.32 Å². The molecule has 1 aliphatic heterocycles. The molecule has 0 aromatic carbocycles. The van der Waals surface area contributed by atoms with Crippen LogP contribution in [0, 0.1) is 5.92 Å². The Labute approximate surface area is 111 Å². The fourth-order valence-corrected chi connectivity index (χ4v) is 3.42. The van der Waals surface area contributed by atoms with Gasteiger partial charge in [0.15, 0.2) is 11.0 Å². The molecule has 1 aliphatic carbocycles. The molecule has 2 aliphatic rings. The number of nitrogens with zero attached hydrogens (tertiary/aromatic N) is 2. The highest BCUT2D eigenvalue weighted by Crippen LogP contribution is 2.28. The molecule has 0 aromatic heterocycles. The second-order valence-corrected chi connectivity index (χ2v) is 10.9. The number of aliphatic hydroxyl groups is 1. The summed E-state index contributed by atoms with van der Waals surface area (Å²) < 4.78 is 11.9. The molecule has 7 heteroatoms. The van der Waals surface area contributed by atoms with Crippen LogP contribution in [0.2, 0.25) is 0 Å². The van der Waals surface area contributed by atoms with Crippen molar-refractivity contribution in [2.45, 2.75) is 44.9 Å². The molecule has 0 radical (unpaired) electrons. The third-order valence-corrected chi connectivity index (χ3v) is 5.25. The Morgan fingerprint density at radius 3 is 2.67 bits per heavy atom. The molecular weight excluding hydrogens is 269 g/mol. The van der Waals surface area contributed by atoms with Gasteiger partial charge >= 0.3 is 0 Å². The lowest BCUT2D eigenvalue weighted by Gasteiger charge is -2.23. The van der Waals surface area contributed by atoms with Crippen LogP contribution in [0.3, 0.4) is 0 Å². The van der Waals surface area contributed by atoms with Crippen LogP contribution in [0.15, 0.2) is 9.98 Å². The maximum absolute atomic E-state index is 11.9. The number of hydrogen-bond donors (Lipinski definition) is 3. The van der Waals surface area contributed by atoms with Crippen molar-refractivity contribution in [2.75, 3.05) is 6.26 Å². The first kappa shape index (κ1) is 14.1. The van der Waals surface area contributed by atoms with Crippen molar-refractivity contribution in [3.8, 4) is 0 Å². The van der Waals surface area contributed by atoms with Crippen LogP contribution in [-0.2, 0) is 9.55 Å². The van der Waals surface area contributed by atoms with Gasteiger partial charge in [-0.15, -0.1) is 0 Å². The van der Waals surface area contributed by atoms with E-state index in [1.165, 1.54) is 12.8 Å². The second-order valence-electron chi connectivity index (χ2n) is 5.54. The van der Waals surface area contributed by atoms with Crippen LogP contribution in [-0.4, -0.2) is 38.3 Å². The number of thiol groups is 1. The van der Waals surface area contributed by atoms with Crippen LogP contribution in [0.25, 0.3) is 0 Å². The van der Waals surface area contributed by atoms with Crippen molar-refractivity contribution in [2.24, 2.45) is 15.9 Å². The lowest BCUT2D eigenvalue weighted by molar-refractivity contribution is 0.141. The topological polar surface area (TPSA) is 74.0 Å². The molecule has 104 valence electrons. The average molecular weight is 291 g/mol. The Balaban J connectivity index is 2.17. The van der Waals surface area contributed by atoms with Gasteiger partial charge in [0.25, 0.3) is 0 Å². The minimum absolute atomic E-state index is 0.241. The first-order valence-corrected chi connectivity index (χ1v) is 10.0. The molecule has 18 heavy (non-hydrogen) atoms. The summed E-state index contributed by atoms with van der Waals surface area (Å²) in [5, 5.41) is 13.7. The van der Waals surface area contributed by atoms with E-state index >= 15 is 0 Å². The van der Waals surface area contributed by atoms with Gasteiger partial charge < -0.3 is 10.4 Å². The van der Waals surface area contributed by atoms with Crippen LogP contribution >= 0.6 is 8.44 Å². The number of amidine groups is 2. The van der Waals surface area contributed by atoms with Gasteiger partial charge in [-0.2, -0.15) is 0 Å². The molecule has 4 unspecified atom stereocenters. The molecule has 1 saturated carbocycles. The third kappa shape index (κ3) is 2.81. The minimum Gasteiger partial charge on any atom is -0.366 e. The van der Waals surface area contributed by atoms with E-state index in [4.69, 9.17) is 0 Å². The number of rotatable bonds is 1. The Morgan fingerprint density at radius 1 is 1.56 bits per heavy atom. The summed E-state index contributed by atoms with van der Waals surface area (Å²) in [6.45, 7) is 3.77. The zero-order valence-corrected chi connectivity index (χ0v) is 13.1. The van der Waals surface area contributed by atoms with Crippen molar-refractivity contribution in [1.29, 1.82) is 0 Å². The van der Waals surface area contributed by atoms with Crippen molar-refractivity contribution in [1.82, 2.24) is 5.32 Å². The third-order valence-electron chi connectivity index (χ3n) is 3.56. The Kier molecular flexibility index (Phi) is 3.65. The molecule has 4 atom stereocenters. The van der Waals surface area contributed by atoms with Crippen molar-refractivity contribution in [3.63, 3.8) is 0 Å². The highest BCUT2D eigenvalue weighted by atomic mass is 32.8. The summed E-state index contributed by atoms with van der Waals surface area (Å²) in [6, 6.07) is 0.325. The lowest BCUT2D eigenvalue weighted by Crippen LogP contribution is -2.46. The molecule has 0 bridgehead atoms. The minimum atomic E-state index is -2.61. The summed E-state index contributed by atoms with van der Waals surface area (Å²) >= 11 is 0. The molecule has 1 fully saturated rings. The van der Waals surface area contributed by atoms with E-state index in [0.29, 0.717) is 17.8 Å². The predicted molar refractivity (Wildman–Crippen MR) is 80.6 cm³/mol. The zero-order valence-electron chi connectivity index (χ0n) is 11.1.